The Morgan fingerprint density at radius 2 is 2.05 bits per heavy atom. The Balaban J connectivity index is 2.24. The number of anilines is 1. The molecule has 0 bridgehead atoms. The number of nitrogens with one attached hydrogen (secondary N) is 1. The van der Waals surface area contributed by atoms with Gasteiger partial charge in [-0.2, -0.15) is 0 Å². The van der Waals surface area contributed by atoms with Gasteiger partial charge in [0.2, 0.25) is 0 Å². The standard InChI is InChI=1S/C16H15BrFNO2/c1-10-3-6-15(13(7-10)16(20)21-2)19-9-11-8-12(18)4-5-14(11)17/h3-8,19H,9H2,1-2H3. The highest BCUT2D eigenvalue weighted by Crippen LogP contribution is 2.22. The third-order valence-electron chi connectivity index (χ3n) is 3.06. The summed E-state index contributed by atoms with van der Waals surface area (Å²) in [5, 5.41) is 3.14. The number of aryl methyl sites for hydroxylation is 1. The summed E-state index contributed by atoms with van der Waals surface area (Å²) in [5.74, 6) is -0.702. The minimum Gasteiger partial charge on any atom is -0.465 e. The van der Waals surface area contributed by atoms with E-state index in [1.54, 1.807) is 12.1 Å². The first-order chi connectivity index (χ1) is 10.0. The predicted molar refractivity (Wildman–Crippen MR) is 83.9 cm³/mol. The van der Waals surface area contributed by atoms with Crippen LogP contribution in [0.3, 0.4) is 0 Å². The normalized spacial score (nSPS) is 10.3. The van der Waals surface area contributed by atoms with E-state index in [1.807, 2.05) is 19.1 Å². The second-order valence-corrected chi connectivity index (χ2v) is 5.48. The van der Waals surface area contributed by atoms with Crippen LogP contribution in [0.2, 0.25) is 0 Å². The summed E-state index contributed by atoms with van der Waals surface area (Å²) in [6.07, 6.45) is 0. The van der Waals surface area contributed by atoms with Crippen LogP contribution in [0.4, 0.5) is 10.1 Å². The number of carbonyl (C=O) groups excluding carboxylic acids is 1. The third kappa shape index (κ3) is 3.82. The zero-order chi connectivity index (χ0) is 15.4. The van der Waals surface area contributed by atoms with Crippen molar-refractivity contribution in [2.24, 2.45) is 0 Å². The van der Waals surface area contributed by atoms with E-state index in [0.29, 0.717) is 17.8 Å². The number of hydrogen-bond donors (Lipinski definition) is 1. The highest BCUT2D eigenvalue weighted by molar-refractivity contribution is 9.10. The van der Waals surface area contributed by atoms with Crippen molar-refractivity contribution in [3.8, 4) is 0 Å². The molecule has 0 fully saturated rings. The van der Waals surface area contributed by atoms with Crippen LogP contribution in [0.5, 0.6) is 0 Å². The first kappa shape index (κ1) is 15.5. The summed E-state index contributed by atoms with van der Waals surface area (Å²) in [4.78, 5) is 11.8. The average Bonchev–Trinajstić information content (AvgIpc) is 2.48. The predicted octanol–water partition coefficient (Wildman–Crippen LogP) is 4.30. The molecule has 0 atom stereocenters. The molecule has 21 heavy (non-hydrogen) atoms. The minimum atomic E-state index is -0.403. The second kappa shape index (κ2) is 6.72. The fraction of sp³-hybridized carbons (Fsp3) is 0.188. The lowest BCUT2D eigenvalue weighted by Gasteiger charge is -2.12. The molecule has 0 aliphatic heterocycles. The number of ether oxygens (including phenoxy) is 1. The Kier molecular flexibility index (Phi) is 4.96. The Hall–Kier alpha value is -1.88. The average molecular weight is 352 g/mol. The van der Waals surface area contributed by atoms with Gasteiger partial charge in [0.25, 0.3) is 0 Å². The lowest BCUT2D eigenvalue weighted by atomic mass is 10.1. The number of esters is 1. The van der Waals surface area contributed by atoms with Crippen LogP contribution in [-0.4, -0.2) is 13.1 Å². The van der Waals surface area contributed by atoms with Gasteiger partial charge in [-0.1, -0.05) is 27.6 Å². The molecule has 0 spiro atoms. The lowest BCUT2D eigenvalue weighted by molar-refractivity contribution is 0.0601. The van der Waals surface area contributed by atoms with Crippen LogP contribution >= 0.6 is 15.9 Å². The summed E-state index contributed by atoms with van der Waals surface area (Å²) >= 11 is 3.38. The molecule has 0 heterocycles. The maximum atomic E-state index is 13.3. The number of carbonyl (C=O) groups is 1. The smallest absolute Gasteiger partial charge is 0.339 e. The Bertz CT molecular complexity index is 673. The molecule has 0 amide bonds. The molecule has 1 N–H and O–H groups in total. The van der Waals surface area contributed by atoms with Crippen LogP contribution in [-0.2, 0) is 11.3 Å². The maximum absolute atomic E-state index is 13.3. The number of methoxy groups -OCH3 is 1. The number of rotatable bonds is 4. The first-order valence-corrected chi connectivity index (χ1v) is 7.17. The summed E-state index contributed by atoms with van der Waals surface area (Å²) in [5.41, 5.74) is 2.85. The second-order valence-electron chi connectivity index (χ2n) is 4.63. The minimum absolute atomic E-state index is 0.299. The Labute approximate surface area is 131 Å². The van der Waals surface area contributed by atoms with Crippen molar-refractivity contribution in [3.63, 3.8) is 0 Å². The van der Waals surface area contributed by atoms with Gasteiger partial charge in [-0.15, -0.1) is 0 Å². The fourth-order valence-electron chi connectivity index (χ4n) is 1.96. The van der Waals surface area contributed by atoms with E-state index in [9.17, 15) is 9.18 Å². The molecule has 5 heteroatoms. The van der Waals surface area contributed by atoms with Gasteiger partial charge < -0.3 is 10.1 Å². The van der Waals surface area contributed by atoms with Gasteiger partial charge in [-0.05, 0) is 42.8 Å². The van der Waals surface area contributed by atoms with Crippen molar-refractivity contribution in [2.45, 2.75) is 13.5 Å². The molecule has 0 aliphatic carbocycles. The van der Waals surface area contributed by atoms with Crippen LogP contribution in [0.15, 0.2) is 40.9 Å². The van der Waals surface area contributed by atoms with Crippen molar-refractivity contribution < 1.29 is 13.9 Å². The fourth-order valence-corrected chi connectivity index (χ4v) is 2.35. The van der Waals surface area contributed by atoms with E-state index >= 15 is 0 Å². The van der Waals surface area contributed by atoms with Gasteiger partial charge in [0.05, 0.1) is 12.7 Å². The molecule has 2 aromatic rings. The summed E-state index contributed by atoms with van der Waals surface area (Å²) < 4.78 is 18.9. The van der Waals surface area contributed by atoms with E-state index in [-0.39, 0.29) is 5.82 Å². The lowest BCUT2D eigenvalue weighted by Crippen LogP contribution is -2.09. The monoisotopic (exact) mass is 351 g/mol. The van der Waals surface area contributed by atoms with Crippen LogP contribution in [0, 0.1) is 12.7 Å². The largest absolute Gasteiger partial charge is 0.465 e. The summed E-state index contributed by atoms with van der Waals surface area (Å²) in [7, 11) is 1.34. The summed E-state index contributed by atoms with van der Waals surface area (Å²) in [6, 6.07) is 9.96. The first-order valence-electron chi connectivity index (χ1n) is 6.38. The van der Waals surface area contributed by atoms with Crippen molar-refractivity contribution in [3.05, 3.63) is 63.4 Å². The quantitative estimate of drug-likeness (QED) is 0.834. The topological polar surface area (TPSA) is 38.3 Å². The SMILES string of the molecule is COC(=O)c1cc(C)ccc1NCc1cc(F)ccc1Br. The van der Waals surface area contributed by atoms with Gasteiger partial charge >= 0.3 is 5.97 Å². The number of benzene rings is 2. The van der Waals surface area contributed by atoms with Gasteiger partial charge in [-0.3, -0.25) is 0 Å². The van der Waals surface area contributed by atoms with Crippen LogP contribution in [0.25, 0.3) is 0 Å². The highest BCUT2D eigenvalue weighted by atomic mass is 79.9. The molecular weight excluding hydrogens is 337 g/mol. The number of halogens is 2. The molecule has 0 aliphatic rings. The van der Waals surface area contributed by atoms with E-state index in [0.717, 1.165) is 15.6 Å². The van der Waals surface area contributed by atoms with E-state index in [4.69, 9.17) is 4.74 Å². The van der Waals surface area contributed by atoms with E-state index in [2.05, 4.69) is 21.2 Å². The molecule has 110 valence electrons. The molecule has 0 saturated carbocycles. The number of hydrogen-bond acceptors (Lipinski definition) is 3. The van der Waals surface area contributed by atoms with Crippen LogP contribution in [0.1, 0.15) is 21.5 Å². The molecule has 2 rings (SSSR count). The van der Waals surface area contributed by atoms with Crippen LogP contribution < -0.4 is 5.32 Å². The molecule has 3 nitrogen and oxygen atoms in total. The molecular formula is C16H15BrFNO2. The van der Waals surface area contributed by atoms with Crippen molar-refractivity contribution in [1.82, 2.24) is 0 Å². The van der Waals surface area contributed by atoms with E-state index in [1.165, 1.54) is 19.2 Å². The zero-order valence-corrected chi connectivity index (χ0v) is 13.3. The van der Waals surface area contributed by atoms with Gasteiger partial charge in [0, 0.05) is 16.7 Å². The van der Waals surface area contributed by atoms with Crippen molar-refractivity contribution in [2.75, 3.05) is 12.4 Å². The zero-order valence-electron chi connectivity index (χ0n) is 11.7. The molecule has 0 radical (unpaired) electrons. The third-order valence-corrected chi connectivity index (χ3v) is 3.83. The molecule has 0 aromatic heterocycles. The van der Waals surface area contributed by atoms with E-state index < -0.39 is 5.97 Å². The van der Waals surface area contributed by atoms with Gasteiger partial charge in [0.1, 0.15) is 5.82 Å². The van der Waals surface area contributed by atoms with Gasteiger partial charge in [0.15, 0.2) is 0 Å². The molecule has 0 saturated heterocycles. The Morgan fingerprint density at radius 3 is 2.76 bits per heavy atom. The van der Waals surface area contributed by atoms with Crippen molar-refractivity contribution >= 4 is 27.6 Å². The van der Waals surface area contributed by atoms with Gasteiger partial charge in [-0.25, -0.2) is 9.18 Å². The molecule has 2 aromatic carbocycles. The summed E-state index contributed by atoms with van der Waals surface area (Å²) in [6.45, 7) is 2.30. The highest BCUT2D eigenvalue weighted by Gasteiger charge is 2.12. The molecule has 0 unspecified atom stereocenters. The van der Waals surface area contributed by atoms with Crippen molar-refractivity contribution in [1.29, 1.82) is 0 Å². The Morgan fingerprint density at radius 1 is 1.29 bits per heavy atom. The maximum Gasteiger partial charge on any atom is 0.339 e.